The third kappa shape index (κ3) is 5.39. The molecule has 0 saturated heterocycles. The minimum absolute atomic E-state index is 0.332. The molecule has 1 saturated carbocycles. The molecule has 20 heavy (non-hydrogen) atoms. The molecule has 1 aliphatic carbocycles. The van der Waals surface area contributed by atoms with Gasteiger partial charge in [-0.05, 0) is 43.4 Å². The predicted octanol–water partition coefficient (Wildman–Crippen LogP) is 5.84. The lowest BCUT2D eigenvalue weighted by atomic mass is 9.67. The Hall–Kier alpha value is -0.0400. The van der Waals surface area contributed by atoms with Gasteiger partial charge >= 0.3 is 0 Å². The van der Waals surface area contributed by atoms with Crippen LogP contribution in [0.2, 0.25) is 0 Å². The van der Waals surface area contributed by atoms with Gasteiger partial charge in [0, 0.05) is 11.8 Å². The van der Waals surface area contributed by atoms with E-state index in [1.807, 2.05) is 0 Å². The molecule has 1 fully saturated rings. The van der Waals surface area contributed by atoms with Crippen molar-refractivity contribution in [2.45, 2.75) is 84.4 Å². The normalized spacial score (nSPS) is 34.1. The molecular weight excluding hydrogens is 268 g/mol. The van der Waals surface area contributed by atoms with Gasteiger partial charge in [0.05, 0.1) is 0 Å². The van der Waals surface area contributed by atoms with Crippen LogP contribution in [0.4, 0.5) is 0 Å². The number of rotatable bonds is 8. The number of ketones is 1. The summed E-state index contributed by atoms with van der Waals surface area (Å²) in [6, 6.07) is 0. The molecular formula is C18H33ClO. The average molecular weight is 301 g/mol. The standard InChI is InChI=1S/C18H33ClO/c1-5-16-12-17(14(3)15(4)18(16)19)11-9-7-6-8-10-13(2)20/h14-18H,5-12H2,1-4H3. The number of hydrogen-bond acceptors (Lipinski definition) is 1. The first kappa shape index (κ1) is 18.0. The van der Waals surface area contributed by atoms with Crippen molar-refractivity contribution < 1.29 is 4.79 Å². The zero-order valence-corrected chi connectivity index (χ0v) is 14.6. The Morgan fingerprint density at radius 2 is 1.70 bits per heavy atom. The zero-order chi connectivity index (χ0) is 15.1. The third-order valence-electron chi connectivity index (χ3n) is 5.51. The van der Waals surface area contributed by atoms with E-state index in [4.69, 9.17) is 11.6 Å². The van der Waals surface area contributed by atoms with E-state index in [2.05, 4.69) is 20.8 Å². The van der Waals surface area contributed by atoms with Crippen LogP contribution in [-0.4, -0.2) is 11.2 Å². The smallest absolute Gasteiger partial charge is 0.129 e. The molecule has 0 radical (unpaired) electrons. The molecule has 0 aliphatic heterocycles. The Labute approximate surface area is 130 Å². The zero-order valence-electron chi connectivity index (χ0n) is 13.8. The maximum atomic E-state index is 10.9. The molecule has 1 rings (SSSR count). The molecule has 1 aliphatic rings. The first-order valence-electron chi connectivity index (χ1n) is 8.60. The minimum Gasteiger partial charge on any atom is -0.300 e. The monoisotopic (exact) mass is 300 g/mol. The molecule has 5 unspecified atom stereocenters. The molecule has 0 N–H and O–H groups in total. The summed E-state index contributed by atoms with van der Waals surface area (Å²) >= 11 is 6.59. The third-order valence-corrected chi connectivity index (χ3v) is 6.26. The first-order chi connectivity index (χ1) is 9.47. The topological polar surface area (TPSA) is 17.1 Å². The van der Waals surface area contributed by atoms with Gasteiger partial charge in [-0.2, -0.15) is 0 Å². The molecule has 0 spiro atoms. The highest BCUT2D eigenvalue weighted by Crippen LogP contribution is 2.44. The maximum absolute atomic E-state index is 10.9. The van der Waals surface area contributed by atoms with Crippen LogP contribution in [0, 0.1) is 23.7 Å². The molecule has 0 heterocycles. The lowest BCUT2D eigenvalue weighted by molar-refractivity contribution is -0.117. The van der Waals surface area contributed by atoms with Gasteiger partial charge in [0.25, 0.3) is 0 Å². The van der Waals surface area contributed by atoms with Gasteiger partial charge in [-0.1, -0.05) is 52.9 Å². The summed E-state index contributed by atoms with van der Waals surface area (Å²) in [5.41, 5.74) is 0. The Morgan fingerprint density at radius 1 is 1.05 bits per heavy atom. The highest BCUT2D eigenvalue weighted by molar-refractivity contribution is 6.21. The van der Waals surface area contributed by atoms with E-state index >= 15 is 0 Å². The number of alkyl halides is 1. The van der Waals surface area contributed by atoms with Crippen molar-refractivity contribution in [1.29, 1.82) is 0 Å². The molecule has 0 aromatic heterocycles. The van der Waals surface area contributed by atoms with Crippen LogP contribution in [0.25, 0.3) is 0 Å². The Morgan fingerprint density at radius 3 is 2.30 bits per heavy atom. The van der Waals surface area contributed by atoms with E-state index in [-0.39, 0.29) is 0 Å². The van der Waals surface area contributed by atoms with Gasteiger partial charge in [0.1, 0.15) is 5.78 Å². The molecule has 5 atom stereocenters. The molecule has 0 aromatic rings. The fourth-order valence-corrected chi connectivity index (χ4v) is 4.30. The SMILES string of the molecule is CCC1CC(CCCCCCC(C)=O)C(C)C(C)C1Cl. The largest absolute Gasteiger partial charge is 0.300 e. The Bertz CT molecular complexity index is 287. The Balaban J connectivity index is 2.26. The lowest BCUT2D eigenvalue weighted by Crippen LogP contribution is -2.38. The van der Waals surface area contributed by atoms with Gasteiger partial charge in [-0.3, -0.25) is 0 Å². The van der Waals surface area contributed by atoms with Gasteiger partial charge < -0.3 is 4.79 Å². The van der Waals surface area contributed by atoms with Gasteiger partial charge in [-0.25, -0.2) is 0 Å². The summed E-state index contributed by atoms with van der Waals surface area (Å²) in [4.78, 5) is 10.9. The van der Waals surface area contributed by atoms with Crippen LogP contribution in [0.1, 0.15) is 79.1 Å². The summed E-state index contributed by atoms with van der Waals surface area (Å²) in [5.74, 6) is 3.32. The fraction of sp³-hybridized carbons (Fsp3) is 0.944. The predicted molar refractivity (Wildman–Crippen MR) is 88.2 cm³/mol. The van der Waals surface area contributed by atoms with Crippen LogP contribution in [0.15, 0.2) is 0 Å². The first-order valence-corrected chi connectivity index (χ1v) is 9.04. The van der Waals surface area contributed by atoms with Crippen molar-refractivity contribution in [3.05, 3.63) is 0 Å². The average Bonchev–Trinajstić information content (AvgIpc) is 2.42. The van der Waals surface area contributed by atoms with Crippen molar-refractivity contribution in [3.8, 4) is 0 Å². The Kier molecular flexibility index (Phi) is 8.17. The fourth-order valence-electron chi connectivity index (χ4n) is 3.79. The lowest BCUT2D eigenvalue weighted by Gasteiger charge is -2.42. The van der Waals surface area contributed by atoms with E-state index in [0.29, 0.717) is 23.0 Å². The summed E-state index contributed by atoms with van der Waals surface area (Å²) in [6.07, 6.45) is 9.56. The number of carbonyl (C=O) groups is 1. The second kappa shape index (κ2) is 9.07. The highest BCUT2D eigenvalue weighted by Gasteiger charge is 2.37. The van der Waals surface area contributed by atoms with Gasteiger partial charge in [0.15, 0.2) is 0 Å². The summed E-state index contributed by atoms with van der Waals surface area (Å²) in [7, 11) is 0. The van der Waals surface area contributed by atoms with Crippen molar-refractivity contribution in [3.63, 3.8) is 0 Å². The highest BCUT2D eigenvalue weighted by atomic mass is 35.5. The number of hydrogen-bond donors (Lipinski definition) is 0. The summed E-state index contributed by atoms with van der Waals surface area (Å²) in [5, 5.41) is 0.377. The molecule has 0 bridgehead atoms. The quantitative estimate of drug-likeness (QED) is 0.406. The van der Waals surface area contributed by atoms with E-state index in [1.54, 1.807) is 6.92 Å². The molecule has 0 amide bonds. The minimum atomic E-state index is 0.332. The summed E-state index contributed by atoms with van der Waals surface area (Å²) in [6.45, 7) is 8.70. The van der Waals surface area contributed by atoms with Gasteiger partial charge in [-0.15, -0.1) is 11.6 Å². The van der Waals surface area contributed by atoms with Crippen molar-refractivity contribution >= 4 is 17.4 Å². The molecule has 1 nitrogen and oxygen atoms in total. The summed E-state index contributed by atoms with van der Waals surface area (Å²) < 4.78 is 0. The number of halogens is 1. The van der Waals surface area contributed by atoms with Gasteiger partial charge in [0.2, 0.25) is 0 Å². The van der Waals surface area contributed by atoms with E-state index in [9.17, 15) is 4.79 Å². The van der Waals surface area contributed by atoms with Crippen LogP contribution < -0.4 is 0 Å². The van der Waals surface area contributed by atoms with Crippen LogP contribution in [0.3, 0.4) is 0 Å². The van der Waals surface area contributed by atoms with E-state index in [1.165, 1.54) is 38.5 Å². The van der Waals surface area contributed by atoms with E-state index < -0.39 is 0 Å². The van der Waals surface area contributed by atoms with Crippen LogP contribution in [0.5, 0.6) is 0 Å². The molecule has 2 heteroatoms. The van der Waals surface area contributed by atoms with E-state index in [0.717, 1.165) is 24.7 Å². The van der Waals surface area contributed by atoms with Crippen LogP contribution in [-0.2, 0) is 4.79 Å². The second-order valence-electron chi connectivity index (χ2n) is 6.98. The number of Topliss-reactive ketones (excluding diaryl/α,β-unsaturated/α-hetero) is 1. The second-order valence-corrected chi connectivity index (χ2v) is 7.49. The maximum Gasteiger partial charge on any atom is 0.129 e. The number of carbonyl (C=O) groups excluding carboxylic acids is 1. The van der Waals surface area contributed by atoms with Crippen molar-refractivity contribution in [2.75, 3.05) is 0 Å². The van der Waals surface area contributed by atoms with Crippen molar-refractivity contribution in [1.82, 2.24) is 0 Å². The molecule has 118 valence electrons. The number of unbranched alkanes of at least 4 members (excludes halogenated alkanes) is 3. The van der Waals surface area contributed by atoms with Crippen LogP contribution >= 0.6 is 11.6 Å². The molecule has 0 aromatic carbocycles. The van der Waals surface area contributed by atoms with Crippen molar-refractivity contribution in [2.24, 2.45) is 23.7 Å².